The van der Waals surface area contributed by atoms with Gasteiger partial charge in [-0.25, -0.2) is 0 Å². The van der Waals surface area contributed by atoms with Gasteiger partial charge in [-0.2, -0.15) is 18.4 Å². The van der Waals surface area contributed by atoms with Crippen molar-refractivity contribution in [2.75, 3.05) is 31.1 Å². The number of alkyl halides is 3. The largest absolute Gasteiger partial charge is 0.416 e. The van der Waals surface area contributed by atoms with Crippen LogP contribution in [0, 0.1) is 11.3 Å². The fourth-order valence-electron chi connectivity index (χ4n) is 2.49. The monoisotopic (exact) mass is 297 g/mol. The van der Waals surface area contributed by atoms with Crippen LogP contribution in [0.25, 0.3) is 0 Å². The van der Waals surface area contributed by atoms with Crippen molar-refractivity contribution in [3.8, 4) is 6.07 Å². The lowest BCUT2D eigenvalue weighted by molar-refractivity contribution is -0.138. The van der Waals surface area contributed by atoms with Gasteiger partial charge in [-0.1, -0.05) is 6.07 Å². The smallest absolute Gasteiger partial charge is 0.369 e. The molecular formula is C15H18F3N3. The summed E-state index contributed by atoms with van der Waals surface area (Å²) in [6, 6.07) is 6.22. The van der Waals surface area contributed by atoms with E-state index < -0.39 is 17.2 Å². The number of benzene rings is 1. The van der Waals surface area contributed by atoms with E-state index in [-0.39, 0.29) is 5.56 Å². The molecule has 1 heterocycles. The molecule has 0 atom stereocenters. The van der Waals surface area contributed by atoms with Crippen LogP contribution in [-0.2, 0) is 11.6 Å². The molecule has 0 unspecified atom stereocenters. The second-order valence-electron chi connectivity index (χ2n) is 5.70. The summed E-state index contributed by atoms with van der Waals surface area (Å²) in [5.41, 5.74) is -1.31. The molecule has 1 aliphatic rings. The molecule has 2 rings (SSSR count). The van der Waals surface area contributed by atoms with Crippen LogP contribution < -0.4 is 10.2 Å². The van der Waals surface area contributed by atoms with Crippen molar-refractivity contribution in [3.63, 3.8) is 0 Å². The third-order valence-electron chi connectivity index (χ3n) is 3.74. The summed E-state index contributed by atoms with van der Waals surface area (Å²) in [7, 11) is 0. The molecule has 0 radical (unpaired) electrons. The lowest BCUT2D eigenvalue weighted by Gasteiger charge is -2.31. The van der Waals surface area contributed by atoms with Gasteiger partial charge in [-0.15, -0.1) is 0 Å². The average molecular weight is 297 g/mol. The number of hydrogen-bond donors (Lipinski definition) is 1. The molecule has 1 N–H and O–H groups in total. The average Bonchev–Trinajstić information content (AvgIpc) is 2.46. The first kappa shape index (κ1) is 15.6. The molecule has 3 nitrogen and oxygen atoms in total. The van der Waals surface area contributed by atoms with Gasteiger partial charge in [-0.3, -0.25) is 0 Å². The van der Waals surface area contributed by atoms with Crippen molar-refractivity contribution in [3.05, 3.63) is 29.3 Å². The second kappa shape index (κ2) is 5.57. The number of anilines is 1. The van der Waals surface area contributed by atoms with E-state index in [0.29, 0.717) is 18.8 Å². The number of nitrogens with one attached hydrogen (secondary N) is 1. The first-order chi connectivity index (χ1) is 9.75. The molecule has 0 spiro atoms. The van der Waals surface area contributed by atoms with Gasteiger partial charge in [0.05, 0.1) is 17.0 Å². The molecule has 21 heavy (non-hydrogen) atoms. The van der Waals surface area contributed by atoms with Crippen molar-refractivity contribution in [1.29, 1.82) is 5.26 Å². The molecule has 1 saturated heterocycles. The summed E-state index contributed by atoms with van der Waals surface area (Å²) < 4.78 is 40.0. The highest BCUT2D eigenvalue weighted by Gasteiger charge is 2.38. The molecule has 6 heteroatoms. The van der Waals surface area contributed by atoms with Crippen LogP contribution in [-0.4, -0.2) is 26.2 Å². The fraction of sp³-hybridized carbons (Fsp3) is 0.533. The van der Waals surface area contributed by atoms with E-state index in [0.717, 1.165) is 13.1 Å². The molecule has 114 valence electrons. The molecule has 1 aliphatic heterocycles. The van der Waals surface area contributed by atoms with Crippen LogP contribution in [0.3, 0.4) is 0 Å². The first-order valence-electron chi connectivity index (χ1n) is 6.84. The predicted octanol–water partition coefficient (Wildman–Crippen LogP) is 2.92. The van der Waals surface area contributed by atoms with E-state index in [1.165, 1.54) is 26.0 Å². The number of piperazine rings is 1. The molecule has 0 bridgehead atoms. The van der Waals surface area contributed by atoms with Crippen molar-refractivity contribution < 1.29 is 13.2 Å². The zero-order valence-electron chi connectivity index (χ0n) is 12.1. The highest BCUT2D eigenvalue weighted by molar-refractivity contribution is 5.54. The summed E-state index contributed by atoms with van der Waals surface area (Å²) in [6.45, 7) is 5.88. The number of rotatable bonds is 2. The van der Waals surface area contributed by atoms with Gasteiger partial charge >= 0.3 is 6.18 Å². The van der Waals surface area contributed by atoms with Gasteiger partial charge in [0.25, 0.3) is 0 Å². The van der Waals surface area contributed by atoms with E-state index in [1.54, 1.807) is 6.07 Å². The lowest BCUT2D eigenvalue weighted by Crippen LogP contribution is -2.43. The first-order valence-corrected chi connectivity index (χ1v) is 6.84. The van der Waals surface area contributed by atoms with Crippen LogP contribution in [0.4, 0.5) is 18.9 Å². The zero-order valence-corrected chi connectivity index (χ0v) is 12.1. The normalized spacial score (nSPS) is 16.7. The Morgan fingerprint density at radius 1 is 1.14 bits per heavy atom. The Hall–Kier alpha value is -1.74. The third kappa shape index (κ3) is 3.30. The van der Waals surface area contributed by atoms with Crippen molar-refractivity contribution in [2.45, 2.75) is 25.4 Å². The number of nitriles is 1. The Balaban J connectivity index is 2.48. The zero-order chi connectivity index (χ0) is 15.7. The summed E-state index contributed by atoms with van der Waals surface area (Å²) in [4.78, 5) is 1.93. The Morgan fingerprint density at radius 2 is 1.76 bits per heavy atom. The molecule has 0 aromatic heterocycles. The summed E-state index contributed by atoms with van der Waals surface area (Å²) in [6.07, 6.45) is -4.46. The molecule has 0 aliphatic carbocycles. The maximum absolute atomic E-state index is 13.3. The van der Waals surface area contributed by atoms with Gasteiger partial charge in [0.15, 0.2) is 0 Å². The lowest BCUT2D eigenvalue weighted by atomic mass is 9.82. The number of nitrogens with zero attached hydrogens (tertiary/aromatic N) is 2. The van der Waals surface area contributed by atoms with Gasteiger partial charge in [0.1, 0.15) is 0 Å². The fourth-order valence-corrected chi connectivity index (χ4v) is 2.49. The van der Waals surface area contributed by atoms with E-state index in [4.69, 9.17) is 5.26 Å². The van der Waals surface area contributed by atoms with Crippen LogP contribution in [0.5, 0.6) is 0 Å². The van der Waals surface area contributed by atoms with E-state index >= 15 is 0 Å². The maximum atomic E-state index is 13.3. The SMILES string of the molecule is CC(C)(C#N)c1ccc(N2CCNCC2)cc1C(F)(F)F. The Kier molecular flexibility index (Phi) is 4.15. The molecule has 1 aromatic carbocycles. The van der Waals surface area contributed by atoms with Crippen LogP contribution in [0.15, 0.2) is 18.2 Å². The summed E-state index contributed by atoms with van der Waals surface area (Å²) >= 11 is 0. The van der Waals surface area contributed by atoms with Crippen LogP contribution in [0.2, 0.25) is 0 Å². The van der Waals surface area contributed by atoms with Gasteiger partial charge in [-0.05, 0) is 31.5 Å². The van der Waals surface area contributed by atoms with Crippen molar-refractivity contribution in [2.24, 2.45) is 0 Å². The highest BCUT2D eigenvalue weighted by Crippen LogP contribution is 2.39. The summed E-state index contributed by atoms with van der Waals surface area (Å²) in [5, 5.41) is 12.3. The van der Waals surface area contributed by atoms with Crippen molar-refractivity contribution in [1.82, 2.24) is 5.32 Å². The van der Waals surface area contributed by atoms with E-state index in [1.807, 2.05) is 11.0 Å². The quantitative estimate of drug-likeness (QED) is 0.912. The standard InChI is InChI=1S/C15H18F3N3/c1-14(2,10-19)12-4-3-11(9-13(12)15(16,17)18)21-7-5-20-6-8-21/h3-4,9,20H,5-8H2,1-2H3. The number of halogens is 3. The molecule has 1 aromatic rings. The minimum Gasteiger partial charge on any atom is -0.369 e. The van der Waals surface area contributed by atoms with Crippen LogP contribution in [0.1, 0.15) is 25.0 Å². The van der Waals surface area contributed by atoms with E-state index in [9.17, 15) is 13.2 Å². The second-order valence-corrected chi connectivity index (χ2v) is 5.70. The van der Waals surface area contributed by atoms with Gasteiger partial charge < -0.3 is 10.2 Å². The Morgan fingerprint density at radius 3 is 2.29 bits per heavy atom. The summed E-state index contributed by atoms with van der Waals surface area (Å²) in [5.74, 6) is 0. The predicted molar refractivity (Wildman–Crippen MR) is 75.2 cm³/mol. The van der Waals surface area contributed by atoms with Crippen molar-refractivity contribution >= 4 is 5.69 Å². The number of hydrogen-bond acceptors (Lipinski definition) is 3. The van der Waals surface area contributed by atoms with Gasteiger partial charge in [0.2, 0.25) is 0 Å². The minimum absolute atomic E-state index is 0.0244. The van der Waals surface area contributed by atoms with Crippen LogP contribution >= 0.6 is 0 Å². The van der Waals surface area contributed by atoms with Gasteiger partial charge in [0, 0.05) is 31.9 Å². The topological polar surface area (TPSA) is 39.1 Å². The molecule has 0 amide bonds. The third-order valence-corrected chi connectivity index (χ3v) is 3.74. The molecule has 1 fully saturated rings. The highest BCUT2D eigenvalue weighted by atomic mass is 19.4. The molecule has 0 saturated carbocycles. The molecular weight excluding hydrogens is 279 g/mol. The van der Waals surface area contributed by atoms with E-state index in [2.05, 4.69) is 5.32 Å². The minimum atomic E-state index is -4.46. The maximum Gasteiger partial charge on any atom is 0.416 e. The Labute approximate surface area is 122 Å². The Bertz CT molecular complexity index is 552.